The third kappa shape index (κ3) is 8.54. The highest BCUT2D eigenvalue weighted by atomic mass is 79.9. The molecule has 36 heavy (non-hydrogen) atoms. The Labute approximate surface area is 230 Å². The fourth-order valence-electron chi connectivity index (χ4n) is 3.60. The summed E-state index contributed by atoms with van der Waals surface area (Å²) >= 11 is 15.9. The molecule has 0 heterocycles. The summed E-state index contributed by atoms with van der Waals surface area (Å²) in [5, 5.41) is 3.94. The van der Waals surface area contributed by atoms with Crippen molar-refractivity contribution < 1.29 is 14.3 Å². The number of carbonyl (C=O) groups excluding carboxylic acids is 2. The van der Waals surface area contributed by atoms with Crippen molar-refractivity contribution in [2.75, 3.05) is 6.61 Å². The van der Waals surface area contributed by atoms with Crippen LogP contribution in [0.5, 0.6) is 5.75 Å². The Bertz CT molecular complexity index is 1180. The summed E-state index contributed by atoms with van der Waals surface area (Å²) in [6.45, 7) is 5.60. The molecule has 0 aliphatic rings. The topological polar surface area (TPSA) is 58.6 Å². The second-order valence-electron chi connectivity index (χ2n) is 9.44. The summed E-state index contributed by atoms with van der Waals surface area (Å²) in [6, 6.07) is 21.1. The van der Waals surface area contributed by atoms with Gasteiger partial charge >= 0.3 is 0 Å². The molecule has 3 rings (SSSR count). The van der Waals surface area contributed by atoms with Crippen LogP contribution in [-0.2, 0) is 22.6 Å². The van der Waals surface area contributed by atoms with E-state index in [1.165, 1.54) is 4.90 Å². The van der Waals surface area contributed by atoms with Gasteiger partial charge in [0.15, 0.2) is 6.61 Å². The number of halogens is 3. The summed E-state index contributed by atoms with van der Waals surface area (Å²) in [5.41, 5.74) is 1.13. The first-order valence-electron chi connectivity index (χ1n) is 11.5. The van der Waals surface area contributed by atoms with Gasteiger partial charge < -0.3 is 15.0 Å². The first kappa shape index (κ1) is 28.0. The van der Waals surface area contributed by atoms with Gasteiger partial charge in [-0.25, -0.2) is 0 Å². The van der Waals surface area contributed by atoms with Gasteiger partial charge in [0.1, 0.15) is 11.8 Å². The SMILES string of the molecule is CC(C)(C)NC(=O)C(Cc1ccccc1)N(Cc1ccc(Cl)cc1Cl)C(=O)COc1ccc(Br)cc1. The quantitative estimate of drug-likeness (QED) is 0.302. The van der Waals surface area contributed by atoms with E-state index >= 15 is 0 Å². The van der Waals surface area contributed by atoms with Crippen LogP contribution in [0.3, 0.4) is 0 Å². The van der Waals surface area contributed by atoms with Crippen LogP contribution < -0.4 is 10.1 Å². The second kappa shape index (κ2) is 12.6. The van der Waals surface area contributed by atoms with Gasteiger partial charge in [0, 0.05) is 33.0 Å². The number of ether oxygens (including phenoxy) is 1. The molecule has 2 amide bonds. The zero-order valence-electron chi connectivity index (χ0n) is 20.4. The van der Waals surface area contributed by atoms with Gasteiger partial charge in [-0.3, -0.25) is 9.59 Å². The van der Waals surface area contributed by atoms with Crippen LogP contribution >= 0.6 is 39.1 Å². The molecule has 0 aromatic heterocycles. The summed E-state index contributed by atoms with van der Waals surface area (Å²) in [4.78, 5) is 28.7. The first-order valence-corrected chi connectivity index (χ1v) is 13.0. The van der Waals surface area contributed by atoms with Crippen molar-refractivity contribution in [3.8, 4) is 5.75 Å². The molecule has 1 atom stereocenters. The number of rotatable bonds is 9. The standard InChI is InChI=1S/C28H29BrCl2N2O3/c1-28(2,3)32-27(35)25(15-19-7-5-4-6-8-19)33(17-20-9-12-22(30)16-24(20)31)26(34)18-36-23-13-10-21(29)11-14-23/h4-14,16,25H,15,17-18H2,1-3H3,(H,32,35). The summed E-state index contributed by atoms with van der Waals surface area (Å²) in [5.74, 6) is -0.0443. The molecule has 190 valence electrons. The average Bonchev–Trinajstić information content (AvgIpc) is 2.81. The summed E-state index contributed by atoms with van der Waals surface area (Å²) < 4.78 is 6.68. The Balaban J connectivity index is 1.95. The number of amides is 2. The molecule has 0 aliphatic carbocycles. The number of carbonyl (C=O) groups is 2. The van der Waals surface area contributed by atoms with Crippen molar-refractivity contribution in [2.24, 2.45) is 0 Å². The lowest BCUT2D eigenvalue weighted by Crippen LogP contribution is -2.55. The highest BCUT2D eigenvalue weighted by Crippen LogP contribution is 2.25. The lowest BCUT2D eigenvalue weighted by atomic mass is 10.0. The first-order chi connectivity index (χ1) is 17.0. The van der Waals surface area contributed by atoms with Crippen LogP contribution in [0.1, 0.15) is 31.9 Å². The lowest BCUT2D eigenvalue weighted by molar-refractivity contribution is -0.143. The molecule has 8 heteroatoms. The molecule has 1 unspecified atom stereocenters. The summed E-state index contributed by atoms with van der Waals surface area (Å²) in [6.07, 6.45) is 0.331. The minimum atomic E-state index is -0.792. The zero-order valence-corrected chi connectivity index (χ0v) is 23.5. The van der Waals surface area contributed by atoms with E-state index in [1.807, 2.05) is 63.2 Å². The van der Waals surface area contributed by atoms with E-state index in [4.69, 9.17) is 27.9 Å². The van der Waals surface area contributed by atoms with E-state index in [9.17, 15) is 9.59 Å². The van der Waals surface area contributed by atoms with E-state index in [0.29, 0.717) is 27.8 Å². The molecule has 0 radical (unpaired) electrons. The van der Waals surface area contributed by atoms with E-state index < -0.39 is 11.6 Å². The molecule has 3 aromatic carbocycles. The van der Waals surface area contributed by atoms with Crippen molar-refractivity contribution in [1.82, 2.24) is 10.2 Å². The largest absolute Gasteiger partial charge is 0.484 e. The van der Waals surface area contributed by atoms with Crippen molar-refractivity contribution in [3.63, 3.8) is 0 Å². The minimum absolute atomic E-state index is 0.119. The molecular weight excluding hydrogens is 563 g/mol. The van der Waals surface area contributed by atoms with Crippen molar-refractivity contribution in [2.45, 2.75) is 45.3 Å². The number of hydrogen-bond acceptors (Lipinski definition) is 3. The van der Waals surface area contributed by atoms with Crippen molar-refractivity contribution in [3.05, 3.63) is 98.4 Å². The predicted octanol–water partition coefficient (Wildman–Crippen LogP) is 6.69. The molecule has 1 N–H and O–H groups in total. The van der Waals surface area contributed by atoms with Gasteiger partial charge in [-0.15, -0.1) is 0 Å². The van der Waals surface area contributed by atoms with Crippen molar-refractivity contribution >= 4 is 50.9 Å². The molecule has 0 bridgehead atoms. The maximum atomic E-state index is 13.6. The molecule has 3 aromatic rings. The molecule has 0 fully saturated rings. The van der Waals surface area contributed by atoms with E-state index in [2.05, 4.69) is 21.2 Å². The maximum absolute atomic E-state index is 13.6. The minimum Gasteiger partial charge on any atom is -0.484 e. The molecule has 5 nitrogen and oxygen atoms in total. The fourth-order valence-corrected chi connectivity index (χ4v) is 4.33. The maximum Gasteiger partial charge on any atom is 0.261 e. The monoisotopic (exact) mass is 590 g/mol. The molecule has 0 saturated heterocycles. The van der Waals surface area contributed by atoms with Gasteiger partial charge in [-0.1, -0.05) is 75.5 Å². The Morgan fingerprint density at radius 1 is 1.00 bits per heavy atom. The van der Waals surface area contributed by atoms with Crippen LogP contribution in [0.25, 0.3) is 0 Å². The van der Waals surface area contributed by atoms with Crippen LogP contribution in [-0.4, -0.2) is 34.9 Å². The molecular formula is C28H29BrCl2N2O3. The highest BCUT2D eigenvalue weighted by Gasteiger charge is 2.32. The van der Waals surface area contributed by atoms with Crippen LogP contribution in [0.2, 0.25) is 10.0 Å². The van der Waals surface area contributed by atoms with Gasteiger partial charge in [0.05, 0.1) is 0 Å². The molecule has 0 spiro atoms. The zero-order chi connectivity index (χ0) is 26.3. The van der Waals surface area contributed by atoms with Gasteiger partial charge in [0.25, 0.3) is 5.91 Å². The Kier molecular flexibility index (Phi) is 9.83. The van der Waals surface area contributed by atoms with E-state index in [0.717, 1.165) is 10.0 Å². The number of nitrogens with zero attached hydrogens (tertiary/aromatic N) is 1. The Morgan fingerprint density at radius 2 is 1.67 bits per heavy atom. The Hall–Kier alpha value is -2.54. The fraction of sp³-hybridized carbons (Fsp3) is 0.286. The third-order valence-corrected chi connectivity index (χ3v) is 6.42. The van der Waals surface area contributed by atoms with Crippen LogP contribution in [0.15, 0.2) is 77.3 Å². The van der Waals surface area contributed by atoms with Gasteiger partial charge in [-0.2, -0.15) is 0 Å². The number of benzene rings is 3. The average molecular weight is 592 g/mol. The van der Waals surface area contributed by atoms with Gasteiger partial charge in [-0.05, 0) is 68.3 Å². The lowest BCUT2D eigenvalue weighted by Gasteiger charge is -2.34. The van der Waals surface area contributed by atoms with Gasteiger partial charge in [0.2, 0.25) is 5.91 Å². The third-order valence-electron chi connectivity index (χ3n) is 5.30. The second-order valence-corrected chi connectivity index (χ2v) is 11.2. The molecule has 0 aliphatic heterocycles. The predicted molar refractivity (Wildman–Crippen MR) is 148 cm³/mol. The van der Waals surface area contributed by atoms with Crippen molar-refractivity contribution in [1.29, 1.82) is 0 Å². The number of hydrogen-bond donors (Lipinski definition) is 1. The number of nitrogens with one attached hydrogen (secondary N) is 1. The normalized spacial score (nSPS) is 12.1. The molecule has 0 saturated carbocycles. The highest BCUT2D eigenvalue weighted by molar-refractivity contribution is 9.10. The van der Waals surface area contributed by atoms with E-state index in [-0.39, 0.29) is 25.0 Å². The Morgan fingerprint density at radius 3 is 2.28 bits per heavy atom. The summed E-state index contributed by atoms with van der Waals surface area (Å²) in [7, 11) is 0. The van der Waals surface area contributed by atoms with Crippen LogP contribution in [0, 0.1) is 0 Å². The van der Waals surface area contributed by atoms with Crippen LogP contribution in [0.4, 0.5) is 0 Å². The smallest absolute Gasteiger partial charge is 0.261 e. The van der Waals surface area contributed by atoms with E-state index in [1.54, 1.807) is 30.3 Å².